The summed E-state index contributed by atoms with van der Waals surface area (Å²) in [7, 11) is 0. The Morgan fingerprint density at radius 3 is 2.14 bits per heavy atom. The lowest BCUT2D eigenvalue weighted by atomic mass is 9.80. The molecular formula is C11H24O3. The van der Waals surface area contributed by atoms with Gasteiger partial charge in [-0.25, -0.2) is 0 Å². The molecule has 0 bridgehead atoms. The normalized spacial score (nSPS) is 14.4. The SMILES string of the molecule is CCC(CC)(CO)CCOC(C)CO. The van der Waals surface area contributed by atoms with Crippen LogP contribution in [-0.2, 0) is 4.74 Å². The van der Waals surface area contributed by atoms with E-state index in [-0.39, 0.29) is 24.7 Å². The zero-order valence-corrected chi connectivity index (χ0v) is 9.62. The maximum Gasteiger partial charge on any atom is 0.0777 e. The molecule has 0 saturated carbocycles. The molecule has 2 N–H and O–H groups in total. The van der Waals surface area contributed by atoms with Gasteiger partial charge in [0.25, 0.3) is 0 Å². The first kappa shape index (κ1) is 13.9. The highest BCUT2D eigenvalue weighted by Gasteiger charge is 2.24. The van der Waals surface area contributed by atoms with Gasteiger partial charge in [0, 0.05) is 13.2 Å². The number of aliphatic hydroxyl groups excluding tert-OH is 2. The van der Waals surface area contributed by atoms with Gasteiger partial charge in [-0.15, -0.1) is 0 Å². The highest BCUT2D eigenvalue weighted by atomic mass is 16.5. The monoisotopic (exact) mass is 204 g/mol. The second-order valence-electron chi connectivity index (χ2n) is 3.98. The Hall–Kier alpha value is -0.120. The third-order valence-corrected chi connectivity index (χ3v) is 3.13. The van der Waals surface area contributed by atoms with Gasteiger partial charge in [-0.05, 0) is 31.6 Å². The number of hydrogen-bond acceptors (Lipinski definition) is 3. The first-order valence-electron chi connectivity index (χ1n) is 5.47. The molecule has 0 aromatic heterocycles. The van der Waals surface area contributed by atoms with E-state index in [1.807, 2.05) is 6.92 Å². The van der Waals surface area contributed by atoms with Crippen molar-refractivity contribution in [2.75, 3.05) is 19.8 Å². The summed E-state index contributed by atoms with van der Waals surface area (Å²) in [6.07, 6.45) is 2.70. The zero-order chi connectivity index (χ0) is 11.0. The van der Waals surface area contributed by atoms with Crippen molar-refractivity contribution in [1.29, 1.82) is 0 Å². The molecule has 0 aliphatic rings. The highest BCUT2D eigenvalue weighted by Crippen LogP contribution is 2.29. The van der Waals surface area contributed by atoms with Crippen LogP contribution in [0.1, 0.15) is 40.0 Å². The maximum atomic E-state index is 9.29. The largest absolute Gasteiger partial charge is 0.396 e. The second-order valence-corrected chi connectivity index (χ2v) is 3.98. The minimum Gasteiger partial charge on any atom is -0.396 e. The lowest BCUT2D eigenvalue weighted by Gasteiger charge is -2.29. The molecule has 3 nitrogen and oxygen atoms in total. The first-order chi connectivity index (χ1) is 6.64. The average Bonchev–Trinajstić information content (AvgIpc) is 2.25. The molecule has 0 spiro atoms. The van der Waals surface area contributed by atoms with Gasteiger partial charge in [0.15, 0.2) is 0 Å². The van der Waals surface area contributed by atoms with Crippen LogP contribution in [0.3, 0.4) is 0 Å². The minimum absolute atomic E-state index is 0.00910. The summed E-state index contributed by atoms with van der Waals surface area (Å²) >= 11 is 0. The van der Waals surface area contributed by atoms with Gasteiger partial charge in [-0.3, -0.25) is 0 Å². The standard InChI is InChI=1S/C11H24O3/c1-4-11(5-2,9-13)6-7-14-10(3)8-12/h10,12-13H,4-9H2,1-3H3. The van der Waals surface area contributed by atoms with E-state index < -0.39 is 0 Å². The van der Waals surface area contributed by atoms with Crippen molar-refractivity contribution in [3.8, 4) is 0 Å². The molecule has 0 aromatic carbocycles. The first-order valence-corrected chi connectivity index (χ1v) is 5.47. The summed E-state index contributed by atoms with van der Waals surface area (Å²) in [5.74, 6) is 0. The lowest BCUT2D eigenvalue weighted by molar-refractivity contribution is -0.00414. The van der Waals surface area contributed by atoms with Gasteiger partial charge in [0.1, 0.15) is 0 Å². The van der Waals surface area contributed by atoms with Crippen molar-refractivity contribution in [3.05, 3.63) is 0 Å². The van der Waals surface area contributed by atoms with Crippen molar-refractivity contribution in [1.82, 2.24) is 0 Å². The fraction of sp³-hybridized carbons (Fsp3) is 1.00. The summed E-state index contributed by atoms with van der Waals surface area (Å²) in [6.45, 7) is 6.92. The summed E-state index contributed by atoms with van der Waals surface area (Å²) in [6, 6.07) is 0. The smallest absolute Gasteiger partial charge is 0.0777 e. The van der Waals surface area contributed by atoms with Crippen LogP contribution in [0.5, 0.6) is 0 Å². The van der Waals surface area contributed by atoms with Crippen LogP contribution in [-0.4, -0.2) is 36.1 Å². The van der Waals surface area contributed by atoms with Crippen molar-refractivity contribution in [2.45, 2.75) is 46.1 Å². The molecule has 0 aliphatic heterocycles. The van der Waals surface area contributed by atoms with E-state index in [1.165, 1.54) is 0 Å². The molecule has 14 heavy (non-hydrogen) atoms. The van der Waals surface area contributed by atoms with Crippen LogP contribution >= 0.6 is 0 Å². The zero-order valence-electron chi connectivity index (χ0n) is 9.62. The van der Waals surface area contributed by atoms with E-state index in [4.69, 9.17) is 9.84 Å². The van der Waals surface area contributed by atoms with Gasteiger partial charge in [-0.1, -0.05) is 13.8 Å². The number of rotatable bonds is 8. The predicted molar refractivity (Wildman–Crippen MR) is 57.2 cm³/mol. The van der Waals surface area contributed by atoms with Crippen LogP contribution in [0.25, 0.3) is 0 Å². The van der Waals surface area contributed by atoms with Gasteiger partial charge < -0.3 is 14.9 Å². The highest BCUT2D eigenvalue weighted by molar-refractivity contribution is 4.75. The van der Waals surface area contributed by atoms with Gasteiger partial charge >= 0.3 is 0 Å². The fourth-order valence-electron chi connectivity index (χ4n) is 1.44. The Morgan fingerprint density at radius 2 is 1.79 bits per heavy atom. The van der Waals surface area contributed by atoms with Gasteiger partial charge in [0.2, 0.25) is 0 Å². The van der Waals surface area contributed by atoms with E-state index in [0.29, 0.717) is 6.61 Å². The molecule has 3 heteroatoms. The third-order valence-electron chi connectivity index (χ3n) is 3.13. The molecule has 0 heterocycles. The summed E-state index contributed by atoms with van der Waals surface area (Å²) < 4.78 is 5.39. The minimum atomic E-state index is -0.0971. The van der Waals surface area contributed by atoms with E-state index >= 15 is 0 Å². The Kier molecular flexibility index (Phi) is 7.15. The van der Waals surface area contributed by atoms with Crippen LogP contribution in [0.2, 0.25) is 0 Å². The van der Waals surface area contributed by atoms with Gasteiger partial charge in [-0.2, -0.15) is 0 Å². The number of ether oxygens (including phenoxy) is 1. The fourth-order valence-corrected chi connectivity index (χ4v) is 1.44. The summed E-state index contributed by atoms with van der Waals surface area (Å²) in [5.41, 5.74) is 0.00910. The molecule has 0 saturated heterocycles. The van der Waals surface area contributed by atoms with Crippen molar-refractivity contribution < 1.29 is 14.9 Å². The second kappa shape index (κ2) is 7.21. The van der Waals surface area contributed by atoms with Crippen molar-refractivity contribution in [3.63, 3.8) is 0 Å². The van der Waals surface area contributed by atoms with Crippen LogP contribution < -0.4 is 0 Å². The summed E-state index contributed by atoms with van der Waals surface area (Å²) in [4.78, 5) is 0. The molecule has 0 rings (SSSR count). The average molecular weight is 204 g/mol. The van der Waals surface area contributed by atoms with Gasteiger partial charge in [0.05, 0.1) is 12.7 Å². The quantitative estimate of drug-likeness (QED) is 0.631. The third kappa shape index (κ3) is 4.40. The maximum absolute atomic E-state index is 9.29. The summed E-state index contributed by atoms with van der Waals surface area (Å²) in [5, 5.41) is 18.1. The topological polar surface area (TPSA) is 49.7 Å². The van der Waals surface area contributed by atoms with Crippen molar-refractivity contribution in [2.24, 2.45) is 5.41 Å². The predicted octanol–water partition coefficient (Wildman–Crippen LogP) is 1.57. The lowest BCUT2D eigenvalue weighted by Crippen LogP contribution is -2.27. The van der Waals surface area contributed by atoms with E-state index in [9.17, 15) is 5.11 Å². The molecule has 0 aliphatic carbocycles. The van der Waals surface area contributed by atoms with Crippen LogP contribution in [0, 0.1) is 5.41 Å². The van der Waals surface area contributed by atoms with Crippen molar-refractivity contribution >= 4 is 0 Å². The Bertz CT molecular complexity index is 124. The molecule has 1 atom stereocenters. The Morgan fingerprint density at radius 1 is 1.21 bits per heavy atom. The Balaban J connectivity index is 3.82. The van der Waals surface area contributed by atoms with E-state index in [2.05, 4.69) is 13.8 Å². The molecule has 86 valence electrons. The molecule has 0 amide bonds. The number of hydrogen-bond donors (Lipinski definition) is 2. The Labute approximate surface area is 87.1 Å². The van der Waals surface area contributed by atoms with Crippen LogP contribution in [0.15, 0.2) is 0 Å². The van der Waals surface area contributed by atoms with Crippen LogP contribution in [0.4, 0.5) is 0 Å². The molecule has 1 unspecified atom stereocenters. The van der Waals surface area contributed by atoms with E-state index in [1.54, 1.807) is 0 Å². The number of aliphatic hydroxyl groups is 2. The molecular weight excluding hydrogens is 180 g/mol. The molecule has 0 fully saturated rings. The molecule has 0 radical (unpaired) electrons. The van der Waals surface area contributed by atoms with E-state index in [0.717, 1.165) is 19.3 Å². The molecule has 0 aromatic rings.